The number of likely N-dealkylation sites (N-methyl/N-ethyl adjacent to an activating group) is 1. The number of urea groups is 1. The fourth-order valence-corrected chi connectivity index (χ4v) is 9.20. The number of aromatic nitrogens is 2. The summed E-state index contributed by atoms with van der Waals surface area (Å²) >= 11 is 0. The van der Waals surface area contributed by atoms with Gasteiger partial charge in [0.1, 0.15) is 16.9 Å². The number of nitrogens with zero attached hydrogens (tertiary/aromatic N) is 4. The summed E-state index contributed by atoms with van der Waals surface area (Å²) in [5.41, 5.74) is 2.82. The Morgan fingerprint density at radius 2 is 1.62 bits per heavy atom. The monoisotopic (exact) mass is 606 g/mol. The molecule has 4 aliphatic rings. The van der Waals surface area contributed by atoms with E-state index in [9.17, 15) is 32.7 Å². The molecule has 0 aromatic carbocycles. The predicted octanol–water partition coefficient (Wildman–Crippen LogP) is 1.40. The van der Waals surface area contributed by atoms with Crippen molar-refractivity contribution in [2.45, 2.75) is 89.3 Å². The minimum atomic E-state index is -3.17. The molecule has 1 aromatic heterocycles. The van der Waals surface area contributed by atoms with Crippen molar-refractivity contribution in [3.63, 3.8) is 0 Å². The smallest absolute Gasteiger partial charge is 0.334 e. The molecular weight excluding hydrogens is 564 g/mol. The summed E-state index contributed by atoms with van der Waals surface area (Å²) in [5, 5.41) is 18.6. The first-order valence-corrected chi connectivity index (χ1v) is 16.8. The Morgan fingerprint density at radius 1 is 0.976 bits per heavy atom. The highest BCUT2D eigenvalue weighted by Gasteiger charge is 2.54. The highest BCUT2D eigenvalue weighted by Crippen LogP contribution is 2.41. The van der Waals surface area contributed by atoms with Crippen molar-refractivity contribution in [1.82, 2.24) is 18.9 Å². The maximum absolute atomic E-state index is 13.5. The van der Waals surface area contributed by atoms with Crippen molar-refractivity contribution in [3.05, 3.63) is 26.4 Å². The summed E-state index contributed by atoms with van der Waals surface area (Å²) in [7, 11) is -1.72. The molecule has 0 bridgehead atoms. The van der Waals surface area contributed by atoms with Gasteiger partial charge in [-0.25, -0.2) is 18.0 Å². The largest absolute Gasteiger partial charge is 0.494 e. The predicted molar refractivity (Wildman–Crippen MR) is 155 cm³/mol. The molecule has 1 aromatic rings. The molecule has 2 aliphatic heterocycles. The van der Waals surface area contributed by atoms with E-state index in [1.165, 1.54) is 11.6 Å². The van der Waals surface area contributed by atoms with Crippen LogP contribution in [0.2, 0.25) is 0 Å². The zero-order valence-corrected chi connectivity index (χ0v) is 25.2. The van der Waals surface area contributed by atoms with Gasteiger partial charge in [-0.2, -0.15) is 0 Å². The fraction of sp³-hybridized carbons (Fsp3) is 0.750. The van der Waals surface area contributed by atoms with E-state index >= 15 is 0 Å². The van der Waals surface area contributed by atoms with E-state index in [1.807, 2.05) is 0 Å². The number of hydrogen-bond donors (Lipinski definition) is 3. The lowest BCUT2D eigenvalue weighted by Crippen LogP contribution is -2.51. The van der Waals surface area contributed by atoms with Gasteiger partial charge in [-0.15, -0.1) is 0 Å². The van der Waals surface area contributed by atoms with Gasteiger partial charge < -0.3 is 15.7 Å². The van der Waals surface area contributed by atoms with Gasteiger partial charge >= 0.3 is 11.7 Å². The van der Waals surface area contributed by atoms with E-state index in [2.05, 4.69) is 0 Å². The molecule has 3 heterocycles. The molecule has 4 fully saturated rings. The highest BCUT2D eigenvalue weighted by molar-refractivity contribution is 7.91. The first kappa shape index (κ1) is 30.3. The van der Waals surface area contributed by atoms with Crippen LogP contribution < -0.4 is 17.0 Å². The van der Waals surface area contributed by atoms with E-state index in [4.69, 9.17) is 11.1 Å². The lowest BCUT2D eigenvalue weighted by Gasteiger charge is -2.39. The van der Waals surface area contributed by atoms with Gasteiger partial charge in [0, 0.05) is 26.2 Å². The molecule has 0 spiro atoms. The molecule has 0 radical (unpaired) electrons. The van der Waals surface area contributed by atoms with Gasteiger partial charge in [0.15, 0.2) is 9.84 Å². The maximum atomic E-state index is 13.5. The van der Waals surface area contributed by atoms with E-state index in [1.54, 1.807) is 11.8 Å². The van der Waals surface area contributed by atoms with Crippen LogP contribution in [0.3, 0.4) is 0 Å². The molecule has 2 saturated carbocycles. The van der Waals surface area contributed by atoms with Crippen molar-refractivity contribution < 1.29 is 23.1 Å². The average Bonchev–Trinajstić information content (AvgIpc) is 3.03. The Balaban J connectivity index is 1.34. The molecule has 2 aliphatic carbocycles. The van der Waals surface area contributed by atoms with Crippen LogP contribution in [0.15, 0.2) is 9.59 Å². The number of hydrogen-bond acceptors (Lipinski definition) is 8. The number of carbonyl (C=O) groups excluding carboxylic acids is 2. The average molecular weight is 607 g/mol. The van der Waals surface area contributed by atoms with Crippen molar-refractivity contribution in [1.29, 1.82) is 5.41 Å². The van der Waals surface area contributed by atoms with Crippen molar-refractivity contribution in [2.24, 2.45) is 23.5 Å². The van der Waals surface area contributed by atoms with Crippen LogP contribution >= 0.6 is 0 Å². The summed E-state index contributed by atoms with van der Waals surface area (Å²) in [6, 6.07) is -0.869. The zero-order valence-electron chi connectivity index (χ0n) is 24.4. The first-order chi connectivity index (χ1) is 19.7. The van der Waals surface area contributed by atoms with Crippen LogP contribution in [-0.2, 0) is 21.2 Å². The van der Waals surface area contributed by atoms with Gasteiger partial charge in [-0.1, -0.05) is 6.42 Å². The molecule has 5 rings (SSSR count). The van der Waals surface area contributed by atoms with Gasteiger partial charge in [0.05, 0.1) is 11.5 Å². The third kappa shape index (κ3) is 5.37. The molecule has 14 heteroatoms. The normalized spacial score (nSPS) is 30.0. The van der Waals surface area contributed by atoms with Crippen molar-refractivity contribution >= 4 is 27.6 Å². The number of rotatable bonds is 8. The fourth-order valence-electron chi connectivity index (χ4n) is 7.44. The molecule has 42 heavy (non-hydrogen) atoms. The summed E-state index contributed by atoms with van der Waals surface area (Å²) in [4.78, 5) is 55.9. The SMILES string of the molecule is CN1C(=O)N(C[C@@H]2CCCS(=O)(=O)C2)[C@@](C)(CC2CCC(n3c(=O)c(C(=N)N)c(O)n(CC4CCC4)c3=O)CC2)C1=O. The van der Waals surface area contributed by atoms with E-state index in [0.29, 0.717) is 44.9 Å². The second-order valence-corrected chi connectivity index (χ2v) is 15.2. The summed E-state index contributed by atoms with van der Waals surface area (Å²) in [5.74, 6) is -1.26. The second-order valence-electron chi connectivity index (χ2n) is 13.0. The lowest BCUT2D eigenvalue weighted by molar-refractivity contribution is -0.132. The Kier molecular flexibility index (Phi) is 8.05. The van der Waals surface area contributed by atoms with Gasteiger partial charge in [0.25, 0.3) is 11.5 Å². The molecule has 232 valence electrons. The number of carbonyl (C=O) groups is 2. The van der Waals surface area contributed by atoms with Crippen molar-refractivity contribution in [2.75, 3.05) is 25.1 Å². The Morgan fingerprint density at radius 3 is 2.19 bits per heavy atom. The quantitative estimate of drug-likeness (QED) is 0.225. The lowest BCUT2D eigenvalue weighted by atomic mass is 9.77. The van der Waals surface area contributed by atoms with Crippen LogP contribution in [0.1, 0.15) is 82.7 Å². The topological polar surface area (TPSA) is 189 Å². The number of aromatic hydroxyl groups is 1. The number of amidine groups is 1. The van der Waals surface area contributed by atoms with Gasteiger partial charge in [-0.05, 0) is 82.5 Å². The van der Waals surface area contributed by atoms with E-state index < -0.39 is 50.4 Å². The van der Waals surface area contributed by atoms with Gasteiger partial charge in [0.2, 0.25) is 5.88 Å². The van der Waals surface area contributed by atoms with E-state index in [0.717, 1.165) is 28.7 Å². The highest BCUT2D eigenvalue weighted by atomic mass is 32.2. The second kappa shape index (κ2) is 11.2. The van der Waals surface area contributed by atoms with E-state index in [-0.39, 0.29) is 53.8 Å². The number of imide groups is 1. The summed E-state index contributed by atoms with van der Waals surface area (Å²) in [6.07, 6.45) is 6.66. The van der Waals surface area contributed by atoms with Crippen molar-refractivity contribution in [3.8, 4) is 5.88 Å². The van der Waals surface area contributed by atoms with Crippen LogP contribution in [-0.4, -0.2) is 80.9 Å². The molecule has 0 unspecified atom stereocenters. The molecule has 13 nitrogen and oxygen atoms in total. The Bertz CT molecular complexity index is 1510. The standard InChI is InChI=1S/C28H42N6O7S/c1-28(25(37)31(2)26(38)33(28)15-19-7-4-12-42(40,41)16-19)13-17-8-10-20(11-9-17)34-24(36)21(22(29)30)23(35)32(27(34)39)14-18-5-3-6-18/h17-20,35H,3-16H2,1-2H3,(H3,29,30)/t17?,19-,20?,28-/m0/s1. The van der Waals surface area contributed by atoms with Gasteiger partial charge in [-0.3, -0.25) is 29.0 Å². The third-order valence-electron chi connectivity index (χ3n) is 10.0. The zero-order chi connectivity index (χ0) is 30.6. The number of nitrogens with two attached hydrogens (primary N) is 1. The van der Waals surface area contributed by atoms with Crippen LogP contribution in [0.25, 0.3) is 0 Å². The van der Waals surface area contributed by atoms with Crippen LogP contribution in [0, 0.1) is 23.2 Å². The molecule has 4 N–H and O–H groups in total. The number of amides is 3. The molecular formula is C28H42N6O7S. The minimum absolute atomic E-state index is 0.0117. The minimum Gasteiger partial charge on any atom is -0.494 e. The maximum Gasteiger partial charge on any atom is 0.334 e. The summed E-state index contributed by atoms with van der Waals surface area (Å²) in [6.45, 7) is 2.22. The number of sulfone groups is 1. The van der Waals surface area contributed by atoms with Crippen LogP contribution in [0.4, 0.5) is 4.79 Å². The first-order valence-electron chi connectivity index (χ1n) is 15.0. The summed E-state index contributed by atoms with van der Waals surface area (Å²) < 4.78 is 26.8. The molecule has 3 amide bonds. The Labute approximate surface area is 245 Å². The third-order valence-corrected chi connectivity index (χ3v) is 11.9. The Hall–Kier alpha value is -3.16. The molecule has 2 atom stereocenters. The molecule has 2 saturated heterocycles. The van der Waals surface area contributed by atoms with Crippen LogP contribution in [0.5, 0.6) is 5.88 Å². The number of nitrogen functional groups attached to an aromatic ring is 1. The number of nitrogens with one attached hydrogen (secondary N) is 1.